The summed E-state index contributed by atoms with van der Waals surface area (Å²) in [5.74, 6) is -0.478. The van der Waals surface area contributed by atoms with E-state index in [0.29, 0.717) is 4.47 Å². The molecule has 0 aliphatic carbocycles. The number of thiocarbonyl (C=S) groups is 1. The van der Waals surface area contributed by atoms with E-state index in [1.807, 2.05) is 6.92 Å². The molecule has 98 valence electrons. The molecule has 2 N–H and O–H groups in total. The summed E-state index contributed by atoms with van der Waals surface area (Å²) in [6.07, 6.45) is -0.679. The Morgan fingerprint density at radius 1 is 1.56 bits per heavy atom. The maximum absolute atomic E-state index is 13.7. The fourth-order valence-corrected chi connectivity index (χ4v) is 2.00. The van der Waals surface area contributed by atoms with E-state index in [9.17, 15) is 9.18 Å². The van der Waals surface area contributed by atoms with Crippen LogP contribution in [-0.2, 0) is 4.74 Å². The van der Waals surface area contributed by atoms with Crippen LogP contribution in [0, 0.1) is 12.7 Å². The van der Waals surface area contributed by atoms with Crippen molar-refractivity contribution in [1.29, 1.82) is 0 Å². The number of nitrogens with one attached hydrogen (secondary N) is 2. The van der Waals surface area contributed by atoms with Crippen molar-refractivity contribution < 1.29 is 13.9 Å². The average molecular weight is 335 g/mol. The van der Waals surface area contributed by atoms with Gasteiger partial charge in [0.15, 0.2) is 10.9 Å². The highest BCUT2D eigenvalue weighted by atomic mass is 79.9. The van der Waals surface area contributed by atoms with Crippen LogP contribution in [-0.4, -0.2) is 17.8 Å². The predicted octanol–water partition coefficient (Wildman–Crippen LogP) is 3.34. The van der Waals surface area contributed by atoms with E-state index in [-0.39, 0.29) is 17.4 Å². The molecule has 1 aromatic rings. The maximum atomic E-state index is 13.7. The van der Waals surface area contributed by atoms with Crippen molar-refractivity contribution in [2.75, 3.05) is 11.9 Å². The number of hydrogen-bond acceptors (Lipinski definition) is 3. The molecule has 0 radical (unpaired) electrons. The van der Waals surface area contributed by atoms with Crippen LogP contribution in [0.15, 0.2) is 16.6 Å². The Morgan fingerprint density at radius 2 is 2.22 bits per heavy atom. The second-order valence-electron chi connectivity index (χ2n) is 3.41. The van der Waals surface area contributed by atoms with Crippen molar-refractivity contribution in [3.63, 3.8) is 0 Å². The Bertz CT molecular complexity index is 482. The Morgan fingerprint density at radius 3 is 2.83 bits per heavy atom. The number of rotatable bonds is 2. The molecule has 0 aliphatic rings. The molecule has 0 bridgehead atoms. The normalized spacial score (nSPS) is 9.78. The lowest BCUT2D eigenvalue weighted by Crippen LogP contribution is -2.34. The minimum Gasteiger partial charge on any atom is -0.450 e. The van der Waals surface area contributed by atoms with Crippen LogP contribution < -0.4 is 10.6 Å². The van der Waals surface area contributed by atoms with E-state index in [1.165, 1.54) is 0 Å². The molecule has 0 unspecified atom stereocenters. The highest BCUT2D eigenvalue weighted by molar-refractivity contribution is 9.10. The first-order valence-electron chi connectivity index (χ1n) is 5.14. The lowest BCUT2D eigenvalue weighted by molar-refractivity contribution is 0.158. The SMILES string of the molecule is CCOC(=O)NC(=S)Nc1cc(C)cc(Br)c1F. The second kappa shape index (κ2) is 6.65. The summed E-state index contributed by atoms with van der Waals surface area (Å²) in [5.41, 5.74) is 1.04. The van der Waals surface area contributed by atoms with Crippen LogP contribution in [0.1, 0.15) is 12.5 Å². The molecule has 4 nitrogen and oxygen atoms in total. The van der Waals surface area contributed by atoms with Gasteiger partial charge in [-0.1, -0.05) is 0 Å². The van der Waals surface area contributed by atoms with Gasteiger partial charge < -0.3 is 10.1 Å². The van der Waals surface area contributed by atoms with E-state index in [4.69, 9.17) is 12.2 Å². The minimum absolute atomic E-state index is 0.0233. The standard InChI is InChI=1S/C11H12BrFN2O2S/c1-3-17-11(16)15-10(18)14-8-5-6(2)4-7(12)9(8)13/h4-5H,3H2,1-2H3,(H2,14,15,16,18). The number of carbonyl (C=O) groups is 1. The number of halogens is 2. The van der Waals surface area contributed by atoms with Crippen molar-refractivity contribution in [1.82, 2.24) is 5.32 Å². The van der Waals surface area contributed by atoms with E-state index in [0.717, 1.165) is 5.56 Å². The third-order valence-corrected chi connectivity index (χ3v) is 2.69. The highest BCUT2D eigenvalue weighted by Gasteiger charge is 2.10. The van der Waals surface area contributed by atoms with Crippen molar-refractivity contribution >= 4 is 45.0 Å². The number of hydrogen-bond donors (Lipinski definition) is 2. The lowest BCUT2D eigenvalue weighted by Gasteiger charge is -2.11. The van der Waals surface area contributed by atoms with E-state index < -0.39 is 11.9 Å². The van der Waals surface area contributed by atoms with Gasteiger partial charge in [-0.05, 0) is 59.7 Å². The molecule has 1 amide bonds. The molecular weight excluding hydrogens is 323 g/mol. The number of benzene rings is 1. The first-order chi connectivity index (χ1) is 8.43. The fraction of sp³-hybridized carbons (Fsp3) is 0.273. The van der Waals surface area contributed by atoms with Gasteiger partial charge in [0.25, 0.3) is 0 Å². The minimum atomic E-state index is -0.679. The topological polar surface area (TPSA) is 50.4 Å². The first kappa shape index (κ1) is 14.8. The summed E-state index contributed by atoms with van der Waals surface area (Å²) in [4.78, 5) is 11.1. The maximum Gasteiger partial charge on any atom is 0.413 e. The Labute approximate surface area is 118 Å². The molecule has 0 saturated carbocycles. The monoisotopic (exact) mass is 334 g/mol. The molecule has 18 heavy (non-hydrogen) atoms. The zero-order chi connectivity index (χ0) is 13.7. The summed E-state index contributed by atoms with van der Waals surface area (Å²) in [7, 11) is 0. The van der Waals surface area contributed by atoms with Gasteiger partial charge in [0.2, 0.25) is 0 Å². The van der Waals surface area contributed by atoms with Crippen molar-refractivity contribution in [2.45, 2.75) is 13.8 Å². The smallest absolute Gasteiger partial charge is 0.413 e. The van der Waals surface area contributed by atoms with Gasteiger partial charge in [-0.15, -0.1) is 0 Å². The fourth-order valence-electron chi connectivity index (χ4n) is 1.23. The molecule has 0 spiro atoms. The molecular formula is C11H12BrFN2O2S. The Balaban J connectivity index is 2.73. The van der Waals surface area contributed by atoms with Gasteiger partial charge in [0, 0.05) is 0 Å². The van der Waals surface area contributed by atoms with Gasteiger partial charge in [-0.25, -0.2) is 9.18 Å². The number of aryl methyl sites for hydroxylation is 1. The molecule has 0 saturated heterocycles. The van der Waals surface area contributed by atoms with Crippen LogP contribution in [0.5, 0.6) is 0 Å². The zero-order valence-electron chi connectivity index (χ0n) is 9.84. The van der Waals surface area contributed by atoms with Crippen LogP contribution >= 0.6 is 28.1 Å². The molecule has 0 heterocycles. The third kappa shape index (κ3) is 4.23. The summed E-state index contributed by atoms with van der Waals surface area (Å²) in [6.45, 7) is 3.73. The molecule has 0 aliphatic heterocycles. The quantitative estimate of drug-likeness (QED) is 0.814. The summed E-state index contributed by atoms with van der Waals surface area (Å²) in [6, 6.07) is 3.22. The second-order valence-corrected chi connectivity index (χ2v) is 4.67. The summed E-state index contributed by atoms with van der Waals surface area (Å²) >= 11 is 7.96. The predicted molar refractivity (Wildman–Crippen MR) is 75.2 cm³/mol. The van der Waals surface area contributed by atoms with Crippen molar-refractivity contribution in [3.05, 3.63) is 28.0 Å². The lowest BCUT2D eigenvalue weighted by atomic mass is 10.2. The summed E-state index contributed by atoms with van der Waals surface area (Å²) in [5, 5.41) is 4.85. The number of anilines is 1. The van der Waals surface area contributed by atoms with Gasteiger partial charge in [-0.2, -0.15) is 0 Å². The molecule has 1 rings (SSSR count). The molecule has 7 heteroatoms. The van der Waals surface area contributed by atoms with E-state index >= 15 is 0 Å². The number of ether oxygens (including phenoxy) is 1. The zero-order valence-corrected chi connectivity index (χ0v) is 12.2. The van der Waals surface area contributed by atoms with Crippen LogP contribution in [0.4, 0.5) is 14.9 Å². The van der Waals surface area contributed by atoms with Gasteiger partial charge >= 0.3 is 6.09 Å². The Kier molecular flexibility index (Phi) is 5.49. The largest absolute Gasteiger partial charge is 0.450 e. The van der Waals surface area contributed by atoms with E-state index in [1.54, 1.807) is 19.1 Å². The summed E-state index contributed by atoms with van der Waals surface area (Å²) < 4.78 is 18.7. The molecule has 0 aromatic heterocycles. The third-order valence-electron chi connectivity index (χ3n) is 1.91. The highest BCUT2D eigenvalue weighted by Crippen LogP contribution is 2.24. The van der Waals surface area contributed by atoms with Crippen LogP contribution in [0.25, 0.3) is 0 Å². The van der Waals surface area contributed by atoms with Gasteiger partial charge in [0.05, 0.1) is 16.8 Å². The Hall–Kier alpha value is -1.21. The van der Waals surface area contributed by atoms with Gasteiger partial charge in [-0.3, -0.25) is 5.32 Å². The first-order valence-corrected chi connectivity index (χ1v) is 6.34. The number of amides is 1. The number of alkyl carbamates (subject to hydrolysis) is 1. The molecule has 0 fully saturated rings. The van der Waals surface area contributed by atoms with Crippen molar-refractivity contribution in [3.8, 4) is 0 Å². The number of carbonyl (C=O) groups excluding carboxylic acids is 1. The molecule has 0 atom stereocenters. The van der Waals surface area contributed by atoms with Crippen LogP contribution in [0.2, 0.25) is 0 Å². The van der Waals surface area contributed by atoms with E-state index in [2.05, 4.69) is 31.3 Å². The van der Waals surface area contributed by atoms with Crippen LogP contribution in [0.3, 0.4) is 0 Å². The average Bonchev–Trinajstić information content (AvgIpc) is 2.25. The van der Waals surface area contributed by atoms with Crippen molar-refractivity contribution in [2.24, 2.45) is 0 Å². The van der Waals surface area contributed by atoms with Gasteiger partial charge in [0.1, 0.15) is 0 Å². The molecule has 1 aromatic carbocycles.